The molecule has 0 spiro atoms. The molecule has 1 aromatic carbocycles. The Balaban J connectivity index is 2.33. The second kappa shape index (κ2) is 4.65. The predicted octanol–water partition coefficient (Wildman–Crippen LogP) is 4.04. The van der Waals surface area contributed by atoms with Crippen LogP contribution in [0.4, 0.5) is 4.39 Å². The Labute approximate surface area is 106 Å². The fraction of sp³-hybridized carbons (Fsp3) is 0.167. The van der Waals surface area contributed by atoms with Gasteiger partial charge in [0.2, 0.25) is 0 Å². The summed E-state index contributed by atoms with van der Waals surface area (Å²) in [5, 5.41) is 11.9. The van der Waals surface area contributed by atoms with Crippen molar-refractivity contribution >= 4 is 27.3 Å². The maximum Gasteiger partial charge on any atom is 0.137 e. The Hall–Kier alpha value is -0.710. The van der Waals surface area contributed by atoms with Gasteiger partial charge in [-0.1, -0.05) is 6.07 Å². The van der Waals surface area contributed by atoms with E-state index in [4.69, 9.17) is 0 Å². The number of aliphatic hydroxyl groups excluding tert-OH is 1. The topological polar surface area (TPSA) is 20.2 Å². The molecule has 1 aromatic heterocycles. The molecule has 1 atom stereocenters. The highest BCUT2D eigenvalue weighted by molar-refractivity contribution is 9.10. The van der Waals surface area contributed by atoms with Crippen molar-refractivity contribution in [2.24, 2.45) is 0 Å². The summed E-state index contributed by atoms with van der Waals surface area (Å²) in [5.41, 5.74) is 1.38. The van der Waals surface area contributed by atoms with Gasteiger partial charge in [0.1, 0.15) is 11.9 Å². The zero-order chi connectivity index (χ0) is 11.7. The molecule has 16 heavy (non-hydrogen) atoms. The van der Waals surface area contributed by atoms with Crippen LogP contribution < -0.4 is 0 Å². The summed E-state index contributed by atoms with van der Waals surface area (Å²) in [6.07, 6.45) is -0.757. The van der Waals surface area contributed by atoms with Gasteiger partial charge in [0, 0.05) is 4.88 Å². The number of benzene rings is 1. The van der Waals surface area contributed by atoms with Crippen LogP contribution in [0.25, 0.3) is 0 Å². The standard InChI is InChI=1S/C12H10BrFOS/c1-7-4-9(6-16-7)12(15)8-2-3-10(13)11(14)5-8/h2-6,12,15H,1H3. The number of aliphatic hydroxyl groups is 1. The summed E-state index contributed by atoms with van der Waals surface area (Å²) in [5.74, 6) is -0.358. The van der Waals surface area contributed by atoms with E-state index in [9.17, 15) is 9.50 Å². The number of aryl methyl sites for hydroxylation is 1. The summed E-state index contributed by atoms with van der Waals surface area (Å²) < 4.78 is 13.7. The van der Waals surface area contributed by atoms with Crippen LogP contribution in [0.15, 0.2) is 34.1 Å². The first-order valence-electron chi connectivity index (χ1n) is 4.76. The first kappa shape index (κ1) is 11.8. The molecule has 2 rings (SSSR count). The minimum atomic E-state index is -0.757. The van der Waals surface area contributed by atoms with Crippen molar-refractivity contribution in [3.8, 4) is 0 Å². The van der Waals surface area contributed by atoms with Crippen molar-refractivity contribution in [2.45, 2.75) is 13.0 Å². The van der Waals surface area contributed by atoms with Gasteiger partial charge in [0.15, 0.2) is 0 Å². The molecule has 0 aliphatic carbocycles. The molecule has 1 heterocycles. The van der Waals surface area contributed by atoms with Crippen molar-refractivity contribution in [1.29, 1.82) is 0 Å². The van der Waals surface area contributed by atoms with Gasteiger partial charge >= 0.3 is 0 Å². The van der Waals surface area contributed by atoms with E-state index in [-0.39, 0.29) is 5.82 Å². The summed E-state index contributed by atoms with van der Waals surface area (Å²) in [6, 6.07) is 6.58. The van der Waals surface area contributed by atoms with Crippen LogP contribution in [0.1, 0.15) is 22.1 Å². The van der Waals surface area contributed by atoms with Crippen molar-refractivity contribution in [3.63, 3.8) is 0 Å². The second-order valence-corrected chi connectivity index (χ2v) is 5.54. The van der Waals surface area contributed by atoms with Gasteiger partial charge in [-0.3, -0.25) is 0 Å². The van der Waals surface area contributed by atoms with E-state index in [1.54, 1.807) is 23.5 Å². The van der Waals surface area contributed by atoms with Crippen molar-refractivity contribution in [2.75, 3.05) is 0 Å². The quantitative estimate of drug-likeness (QED) is 0.887. The molecule has 0 saturated heterocycles. The number of thiophene rings is 1. The Kier molecular flexibility index (Phi) is 3.42. The summed E-state index contributed by atoms with van der Waals surface area (Å²) in [7, 11) is 0. The maximum absolute atomic E-state index is 13.3. The third kappa shape index (κ3) is 2.34. The molecule has 0 fully saturated rings. The van der Waals surface area contributed by atoms with Crippen molar-refractivity contribution in [3.05, 3.63) is 55.9 Å². The molecule has 0 aliphatic heterocycles. The van der Waals surface area contributed by atoms with Crippen LogP contribution >= 0.6 is 27.3 Å². The molecular weight excluding hydrogens is 291 g/mol. The van der Waals surface area contributed by atoms with E-state index in [0.29, 0.717) is 10.0 Å². The lowest BCUT2D eigenvalue weighted by atomic mass is 10.0. The van der Waals surface area contributed by atoms with E-state index in [2.05, 4.69) is 15.9 Å². The zero-order valence-electron chi connectivity index (χ0n) is 8.58. The fourth-order valence-electron chi connectivity index (χ4n) is 1.48. The van der Waals surface area contributed by atoms with E-state index in [1.165, 1.54) is 6.07 Å². The Morgan fingerprint density at radius 1 is 1.31 bits per heavy atom. The highest BCUT2D eigenvalue weighted by Gasteiger charge is 2.13. The molecule has 0 saturated carbocycles. The average molecular weight is 301 g/mol. The number of rotatable bonds is 2. The van der Waals surface area contributed by atoms with Gasteiger partial charge in [-0.2, -0.15) is 0 Å². The summed E-state index contributed by atoms with van der Waals surface area (Å²) >= 11 is 4.66. The lowest BCUT2D eigenvalue weighted by Crippen LogP contribution is -1.98. The number of hydrogen-bond donors (Lipinski definition) is 1. The van der Waals surface area contributed by atoms with Gasteiger partial charge in [-0.05, 0) is 57.6 Å². The minimum Gasteiger partial charge on any atom is -0.384 e. The molecule has 0 aliphatic rings. The van der Waals surface area contributed by atoms with Crippen LogP contribution in [-0.2, 0) is 0 Å². The molecule has 2 aromatic rings. The van der Waals surface area contributed by atoms with Crippen LogP contribution in [0.2, 0.25) is 0 Å². The van der Waals surface area contributed by atoms with E-state index < -0.39 is 6.10 Å². The molecule has 0 radical (unpaired) electrons. The second-order valence-electron chi connectivity index (χ2n) is 3.57. The van der Waals surface area contributed by atoms with E-state index >= 15 is 0 Å². The fourth-order valence-corrected chi connectivity index (χ4v) is 2.45. The van der Waals surface area contributed by atoms with Crippen LogP contribution in [0, 0.1) is 12.7 Å². The van der Waals surface area contributed by atoms with E-state index in [0.717, 1.165) is 10.4 Å². The SMILES string of the molecule is Cc1cc(C(O)c2ccc(Br)c(F)c2)cs1. The minimum absolute atomic E-state index is 0.358. The lowest BCUT2D eigenvalue weighted by molar-refractivity contribution is 0.220. The molecular formula is C12H10BrFOS. The average Bonchev–Trinajstić information content (AvgIpc) is 2.68. The first-order valence-corrected chi connectivity index (χ1v) is 6.43. The monoisotopic (exact) mass is 300 g/mol. The Morgan fingerprint density at radius 2 is 2.06 bits per heavy atom. The van der Waals surface area contributed by atoms with Gasteiger partial charge in [0.05, 0.1) is 4.47 Å². The summed E-state index contributed by atoms with van der Waals surface area (Å²) in [6.45, 7) is 1.98. The number of hydrogen-bond acceptors (Lipinski definition) is 2. The molecule has 1 nitrogen and oxygen atoms in total. The lowest BCUT2D eigenvalue weighted by Gasteiger charge is -2.09. The Bertz CT molecular complexity index is 509. The third-order valence-electron chi connectivity index (χ3n) is 2.33. The molecule has 0 bridgehead atoms. The van der Waals surface area contributed by atoms with Gasteiger partial charge in [0.25, 0.3) is 0 Å². The Morgan fingerprint density at radius 3 is 2.62 bits per heavy atom. The van der Waals surface area contributed by atoms with Crippen molar-refractivity contribution < 1.29 is 9.50 Å². The van der Waals surface area contributed by atoms with Gasteiger partial charge in [-0.15, -0.1) is 11.3 Å². The summed E-state index contributed by atoms with van der Waals surface area (Å²) in [4.78, 5) is 1.13. The normalized spacial score (nSPS) is 12.8. The molecule has 1 N–H and O–H groups in total. The van der Waals surface area contributed by atoms with Gasteiger partial charge < -0.3 is 5.11 Å². The van der Waals surface area contributed by atoms with Gasteiger partial charge in [-0.25, -0.2) is 4.39 Å². The molecule has 4 heteroatoms. The maximum atomic E-state index is 13.3. The smallest absolute Gasteiger partial charge is 0.137 e. The molecule has 1 unspecified atom stereocenters. The first-order chi connectivity index (χ1) is 7.58. The van der Waals surface area contributed by atoms with Crippen LogP contribution in [0.3, 0.4) is 0 Å². The predicted molar refractivity (Wildman–Crippen MR) is 67.2 cm³/mol. The molecule has 84 valence electrons. The van der Waals surface area contributed by atoms with Crippen LogP contribution in [-0.4, -0.2) is 5.11 Å². The largest absolute Gasteiger partial charge is 0.384 e. The zero-order valence-corrected chi connectivity index (χ0v) is 11.0. The highest BCUT2D eigenvalue weighted by atomic mass is 79.9. The van der Waals surface area contributed by atoms with E-state index in [1.807, 2.05) is 18.4 Å². The molecule has 0 amide bonds. The van der Waals surface area contributed by atoms with Crippen LogP contribution in [0.5, 0.6) is 0 Å². The number of halogens is 2. The highest BCUT2D eigenvalue weighted by Crippen LogP contribution is 2.28. The third-order valence-corrected chi connectivity index (χ3v) is 3.85. The van der Waals surface area contributed by atoms with Crippen molar-refractivity contribution in [1.82, 2.24) is 0 Å².